The van der Waals surface area contributed by atoms with Crippen molar-refractivity contribution in [2.75, 3.05) is 26.2 Å². The summed E-state index contributed by atoms with van der Waals surface area (Å²) in [6, 6.07) is 9.48. The largest absolute Gasteiger partial charge is 0.476 e. The average molecular weight is 523 g/mol. The lowest BCUT2D eigenvalue weighted by Gasteiger charge is -2.33. The molecule has 10 heteroatoms. The van der Waals surface area contributed by atoms with Gasteiger partial charge < -0.3 is 14.7 Å². The van der Waals surface area contributed by atoms with Crippen molar-refractivity contribution < 1.29 is 9.84 Å². The van der Waals surface area contributed by atoms with Gasteiger partial charge in [0.2, 0.25) is 5.88 Å². The molecule has 1 unspecified atom stereocenters. The normalized spacial score (nSPS) is 16.9. The minimum Gasteiger partial charge on any atom is -0.476 e. The molecule has 0 amide bonds. The van der Waals surface area contributed by atoms with E-state index in [0.717, 1.165) is 65.0 Å². The van der Waals surface area contributed by atoms with Crippen molar-refractivity contribution in [1.82, 2.24) is 34.0 Å². The van der Waals surface area contributed by atoms with Crippen LogP contribution in [-0.2, 0) is 7.05 Å². The number of hydrogen-bond acceptors (Lipinski definition) is 7. The zero-order chi connectivity index (χ0) is 26.9. The molecule has 0 saturated carbocycles. The molecular weight excluding hydrogens is 492 g/mol. The molecule has 5 aromatic rings. The van der Waals surface area contributed by atoms with Crippen LogP contribution in [0.25, 0.3) is 43.9 Å². The van der Waals surface area contributed by atoms with Gasteiger partial charge in [-0.05, 0) is 37.9 Å². The Morgan fingerprint density at radius 2 is 2.03 bits per heavy atom. The van der Waals surface area contributed by atoms with E-state index in [1.54, 1.807) is 35.5 Å². The minimum atomic E-state index is -0.345. The minimum absolute atomic E-state index is 0.345. The van der Waals surface area contributed by atoms with Crippen molar-refractivity contribution in [2.24, 2.45) is 13.0 Å². The van der Waals surface area contributed by atoms with Crippen molar-refractivity contribution in [2.45, 2.75) is 25.9 Å². The summed E-state index contributed by atoms with van der Waals surface area (Å²) in [4.78, 5) is 20.0. The number of aryl methyl sites for hydroxylation is 1. The van der Waals surface area contributed by atoms with Gasteiger partial charge in [-0.25, -0.2) is 19.8 Å². The van der Waals surface area contributed by atoms with Crippen LogP contribution in [0.15, 0.2) is 55.2 Å². The van der Waals surface area contributed by atoms with Gasteiger partial charge in [0.05, 0.1) is 49.4 Å². The summed E-state index contributed by atoms with van der Waals surface area (Å²) in [6.45, 7) is 12.3. The molecule has 198 valence electrons. The first-order chi connectivity index (χ1) is 19.0. The van der Waals surface area contributed by atoms with E-state index in [0.29, 0.717) is 30.6 Å². The number of fused-ring (bicyclic) bond motifs is 2. The Hall–Kier alpha value is -4.33. The van der Waals surface area contributed by atoms with Crippen LogP contribution in [0.5, 0.6) is 5.88 Å². The molecule has 1 aliphatic heterocycles. The maximum Gasteiger partial charge on any atom is 0.240 e. The Kier molecular flexibility index (Phi) is 6.69. The summed E-state index contributed by atoms with van der Waals surface area (Å²) < 4.78 is 10.2. The fourth-order valence-corrected chi connectivity index (χ4v) is 5.43. The molecule has 1 aromatic carbocycles. The molecule has 5 heterocycles. The third-order valence-corrected chi connectivity index (χ3v) is 7.23. The van der Waals surface area contributed by atoms with Crippen LogP contribution < -0.4 is 4.74 Å². The molecule has 0 bridgehead atoms. The molecule has 1 fully saturated rings. The Bertz CT molecular complexity index is 1670. The molecule has 1 N–H and O–H groups in total. The van der Waals surface area contributed by atoms with Crippen LogP contribution in [0, 0.1) is 12.5 Å². The number of ether oxygens (including phenoxy) is 1. The van der Waals surface area contributed by atoms with E-state index in [9.17, 15) is 5.11 Å². The van der Waals surface area contributed by atoms with Gasteiger partial charge in [-0.2, -0.15) is 5.10 Å². The van der Waals surface area contributed by atoms with E-state index in [1.165, 1.54) is 0 Å². The fourth-order valence-electron chi connectivity index (χ4n) is 5.43. The van der Waals surface area contributed by atoms with Gasteiger partial charge in [-0.15, -0.1) is 0 Å². The number of aromatic nitrogens is 6. The first kappa shape index (κ1) is 25.0. The smallest absolute Gasteiger partial charge is 0.240 e. The van der Waals surface area contributed by atoms with Crippen LogP contribution in [-0.4, -0.2) is 71.5 Å². The first-order valence-electron chi connectivity index (χ1n) is 13.2. The maximum absolute atomic E-state index is 9.83. The molecule has 39 heavy (non-hydrogen) atoms. The number of piperidine rings is 1. The molecular formula is C29H30N8O2. The summed E-state index contributed by atoms with van der Waals surface area (Å²) in [7, 11) is 1.87. The summed E-state index contributed by atoms with van der Waals surface area (Å²) in [5.41, 5.74) is 5.44. The Morgan fingerprint density at radius 1 is 1.18 bits per heavy atom. The second kappa shape index (κ2) is 10.4. The lowest BCUT2D eigenvalue weighted by molar-refractivity contribution is 0.0792. The van der Waals surface area contributed by atoms with E-state index >= 15 is 0 Å². The lowest BCUT2D eigenvalue weighted by atomic mass is 9.99. The SMILES string of the molecule is [C-]#[N+]c1ccc(-c2nc(OC[C@@H]3CCCN(CC(C)O)C3)c3cncn3c2-c2cnc3c(cnn3C)c2)cc1. The Labute approximate surface area is 226 Å². The molecule has 1 saturated heterocycles. The van der Waals surface area contributed by atoms with E-state index in [1.807, 2.05) is 36.7 Å². The lowest BCUT2D eigenvalue weighted by Crippen LogP contribution is -2.41. The Morgan fingerprint density at radius 3 is 2.82 bits per heavy atom. The maximum atomic E-state index is 9.83. The van der Waals surface area contributed by atoms with Crippen molar-refractivity contribution in [3.63, 3.8) is 0 Å². The van der Waals surface area contributed by atoms with Crippen molar-refractivity contribution in [3.05, 3.63) is 66.7 Å². The van der Waals surface area contributed by atoms with Crippen LogP contribution in [0.1, 0.15) is 19.8 Å². The highest BCUT2D eigenvalue weighted by molar-refractivity contribution is 5.87. The van der Waals surface area contributed by atoms with Crippen molar-refractivity contribution in [1.29, 1.82) is 0 Å². The number of aliphatic hydroxyl groups excluding tert-OH is 1. The monoisotopic (exact) mass is 522 g/mol. The van der Waals surface area contributed by atoms with Crippen LogP contribution in [0.4, 0.5) is 5.69 Å². The first-order valence-corrected chi connectivity index (χ1v) is 13.2. The zero-order valence-corrected chi connectivity index (χ0v) is 22.0. The molecule has 2 atom stereocenters. The van der Waals surface area contributed by atoms with Gasteiger partial charge in [0, 0.05) is 43.2 Å². The second-order valence-corrected chi connectivity index (χ2v) is 10.3. The predicted octanol–water partition coefficient (Wildman–Crippen LogP) is 4.37. The summed E-state index contributed by atoms with van der Waals surface area (Å²) >= 11 is 0. The second-order valence-electron chi connectivity index (χ2n) is 10.3. The number of nitrogens with zero attached hydrogens (tertiary/aromatic N) is 8. The molecule has 0 radical (unpaired) electrons. The van der Waals surface area contributed by atoms with Crippen molar-refractivity contribution >= 4 is 22.2 Å². The standard InChI is InChI=1S/C29H30N8O2/c1-19(38)15-36-10-4-5-20(16-36)17-39-29-25-14-31-18-37(25)27(22-11-23-13-33-35(3)28(23)32-12-22)26(34-29)21-6-8-24(30-2)9-7-21/h6-9,11-14,18-20,38H,4-5,10,15-17H2,1,3H3/t19?,20-/m1/s1. The number of benzene rings is 1. The van der Waals surface area contributed by atoms with Gasteiger partial charge in [0.1, 0.15) is 5.52 Å². The number of β-amino-alcohol motifs (C(OH)–C–C–N with tert-alkyl or cyclic N) is 1. The van der Waals surface area contributed by atoms with E-state index in [2.05, 4.69) is 30.9 Å². The van der Waals surface area contributed by atoms with Crippen LogP contribution in [0.3, 0.4) is 0 Å². The van der Waals surface area contributed by atoms with Gasteiger partial charge in [-0.1, -0.05) is 24.3 Å². The molecule has 10 nitrogen and oxygen atoms in total. The summed E-state index contributed by atoms with van der Waals surface area (Å²) in [5, 5.41) is 15.1. The molecule has 1 aliphatic rings. The summed E-state index contributed by atoms with van der Waals surface area (Å²) in [6.07, 6.45) is 8.99. The van der Waals surface area contributed by atoms with Crippen LogP contribution in [0.2, 0.25) is 0 Å². The zero-order valence-electron chi connectivity index (χ0n) is 22.0. The van der Waals surface area contributed by atoms with E-state index in [4.69, 9.17) is 16.3 Å². The number of pyridine rings is 1. The predicted molar refractivity (Wildman–Crippen MR) is 149 cm³/mol. The van der Waals surface area contributed by atoms with Crippen molar-refractivity contribution in [3.8, 4) is 28.4 Å². The third kappa shape index (κ3) is 4.94. The van der Waals surface area contributed by atoms with E-state index in [-0.39, 0.29) is 6.10 Å². The number of likely N-dealkylation sites (tertiary alicyclic amines) is 1. The third-order valence-electron chi connectivity index (χ3n) is 7.23. The van der Waals surface area contributed by atoms with Gasteiger partial charge >= 0.3 is 0 Å². The number of hydrogen-bond donors (Lipinski definition) is 1. The number of imidazole rings is 1. The molecule has 0 spiro atoms. The van der Waals surface area contributed by atoms with E-state index < -0.39 is 0 Å². The highest BCUT2D eigenvalue weighted by Gasteiger charge is 2.24. The average Bonchev–Trinajstić information content (AvgIpc) is 3.58. The quantitative estimate of drug-likeness (QED) is 0.317. The fraction of sp³-hybridized carbons (Fsp3) is 0.345. The van der Waals surface area contributed by atoms with Crippen LogP contribution >= 0.6 is 0 Å². The van der Waals surface area contributed by atoms with Gasteiger partial charge in [0.25, 0.3) is 0 Å². The summed E-state index contributed by atoms with van der Waals surface area (Å²) in [5.74, 6) is 0.865. The van der Waals surface area contributed by atoms with Gasteiger partial charge in [-0.3, -0.25) is 9.08 Å². The highest BCUT2D eigenvalue weighted by Crippen LogP contribution is 2.36. The van der Waals surface area contributed by atoms with Gasteiger partial charge in [0.15, 0.2) is 11.3 Å². The Balaban J connectivity index is 1.41. The molecule has 4 aromatic heterocycles. The number of rotatable bonds is 7. The molecule has 0 aliphatic carbocycles. The number of aliphatic hydroxyl groups is 1. The molecule has 6 rings (SSSR count). The topological polar surface area (TPSA) is 98.0 Å². The highest BCUT2D eigenvalue weighted by atomic mass is 16.5.